The van der Waals surface area contributed by atoms with Gasteiger partial charge in [0, 0.05) is 29.9 Å². The van der Waals surface area contributed by atoms with Crippen LogP contribution in [0, 0.1) is 5.92 Å². The zero-order valence-corrected chi connectivity index (χ0v) is 17.5. The van der Waals surface area contributed by atoms with Crippen molar-refractivity contribution in [1.29, 1.82) is 0 Å². The van der Waals surface area contributed by atoms with Crippen LogP contribution in [0.1, 0.15) is 18.4 Å². The molecule has 10 heteroatoms. The minimum absolute atomic E-state index is 0.0121. The highest BCUT2D eigenvalue weighted by atomic mass is 32.2. The van der Waals surface area contributed by atoms with Crippen molar-refractivity contribution >= 4 is 44.3 Å². The topological polar surface area (TPSA) is 122 Å². The molecule has 0 bridgehead atoms. The van der Waals surface area contributed by atoms with Gasteiger partial charge in [-0.15, -0.1) is 0 Å². The third-order valence-corrected chi connectivity index (χ3v) is 8.77. The molecule has 1 aromatic rings. The van der Waals surface area contributed by atoms with Gasteiger partial charge in [-0.05, 0) is 30.5 Å². The van der Waals surface area contributed by atoms with Gasteiger partial charge in [-0.2, -0.15) is 0 Å². The summed E-state index contributed by atoms with van der Waals surface area (Å²) >= 11 is 1.48. The molecule has 2 fully saturated rings. The Bertz CT molecular complexity index is 937. The van der Waals surface area contributed by atoms with Crippen LogP contribution in [-0.2, 0) is 25.8 Å². The summed E-state index contributed by atoms with van der Waals surface area (Å²) < 4.78 is 23.3. The van der Waals surface area contributed by atoms with Crippen LogP contribution < -0.4 is 11.1 Å². The van der Waals surface area contributed by atoms with Gasteiger partial charge in [0.25, 0.3) is 0 Å². The number of thioether (sulfide) groups is 1. The van der Waals surface area contributed by atoms with Gasteiger partial charge in [-0.25, -0.2) is 8.42 Å². The summed E-state index contributed by atoms with van der Waals surface area (Å²) in [5.74, 6) is -0.0308. The number of piperidine rings is 1. The second-order valence-corrected chi connectivity index (χ2v) is 11.2. The Morgan fingerprint density at radius 2 is 1.86 bits per heavy atom. The summed E-state index contributed by atoms with van der Waals surface area (Å²) in [7, 11) is -2.95. The van der Waals surface area contributed by atoms with Crippen LogP contribution in [0.25, 0.3) is 0 Å². The third-order valence-electron chi connectivity index (χ3n) is 5.63. The fourth-order valence-corrected chi connectivity index (χ4v) is 7.62. The SMILES string of the molecule is NC(=O)C1CCN(C(=O)Cc2ccc(NC3=N[C@@H]4CS(=O)(=O)C[C@H]4S3)cc2)CC1. The van der Waals surface area contributed by atoms with E-state index < -0.39 is 9.84 Å². The number of amides is 2. The average Bonchev–Trinajstić information content (AvgIpc) is 3.15. The van der Waals surface area contributed by atoms with Gasteiger partial charge >= 0.3 is 0 Å². The molecule has 3 N–H and O–H groups in total. The standard InChI is InChI=1S/C19H24N4O4S2/c20-18(25)13-5-7-23(8-6-13)17(24)9-12-1-3-14(4-2-12)21-19-22-15-10-29(26,27)11-16(15)28-19/h1-4,13,15-16H,5-11H2,(H2,20,25)(H,21,22)/t15-,16-/m1/s1. The van der Waals surface area contributed by atoms with E-state index in [0.29, 0.717) is 32.4 Å². The smallest absolute Gasteiger partial charge is 0.226 e. The van der Waals surface area contributed by atoms with Crippen LogP contribution in [0.2, 0.25) is 0 Å². The number of aliphatic imine (C=N–C) groups is 1. The van der Waals surface area contributed by atoms with Crippen molar-refractivity contribution in [2.75, 3.05) is 29.9 Å². The van der Waals surface area contributed by atoms with Crippen molar-refractivity contribution in [1.82, 2.24) is 4.90 Å². The Kier molecular flexibility index (Phi) is 5.56. The van der Waals surface area contributed by atoms with Crippen LogP contribution in [0.5, 0.6) is 0 Å². The zero-order chi connectivity index (χ0) is 20.6. The second kappa shape index (κ2) is 7.98. The third kappa shape index (κ3) is 4.75. The molecule has 0 unspecified atom stereocenters. The molecule has 0 saturated carbocycles. The number of benzene rings is 1. The molecule has 4 rings (SSSR count). The Hall–Kier alpha value is -2.07. The number of rotatable bonds is 4. The lowest BCUT2D eigenvalue weighted by atomic mass is 9.96. The number of nitrogens with two attached hydrogens (primary N) is 1. The van der Waals surface area contributed by atoms with Crippen molar-refractivity contribution in [3.8, 4) is 0 Å². The number of nitrogens with one attached hydrogen (secondary N) is 1. The minimum Gasteiger partial charge on any atom is -0.369 e. The Balaban J connectivity index is 1.29. The predicted molar refractivity (Wildman–Crippen MR) is 114 cm³/mol. The van der Waals surface area contributed by atoms with Gasteiger partial charge in [0.15, 0.2) is 15.0 Å². The molecule has 0 spiro atoms. The monoisotopic (exact) mass is 436 g/mol. The molecule has 2 atom stereocenters. The van der Waals surface area contributed by atoms with Gasteiger partial charge in [-0.3, -0.25) is 14.6 Å². The van der Waals surface area contributed by atoms with Crippen molar-refractivity contribution in [2.45, 2.75) is 30.6 Å². The molecule has 2 saturated heterocycles. The Morgan fingerprint density at radius 1 is 1.17 bits per heavy atom. The van der Waals surface area contributed by atoms with Crippen LogP contribution >= 0.6 is 11.8 Å². The number of nitrogens with zero attached hydrogens (tertiary/aromatic N) is 2. The summed E-state index contributed by atoms with van der Waals surface area (Å²) in [6.07, 6.45) is 1.58. The highest BCUT2D eigenvalue weighted by molar-refractivity contribution is 8.15. The van der Waals surface area contributed by atoms with E-state index in [0.717, 1.165) is 16.4 Å². The lowest BCUT2D eigenvalue weighted by Crippen LogP contribution is -2.42. The van der Waals surface area contributed by atoms with E-state index in [4.69, 9.17) is 5.73 Å². The first-order valence-corrected chi connectivity index (χ1v) is 12.4. The number of hydrogen-bond acceptors (Lipinski definition) is 7. The van der Waals surface area contributed by atoms with Crippen molar-refractivity contribution in [3.63, 3.8) is 0 Å². The molecule has 3 aliphatic rings. The molecular formula is C19H24N4O4S2. The normalized spacial score (nSPS) is 26.1. The number of carbonyl (C=O) groups is 2. The summed E-state index contributed by atoms with van der Waals surface area (Å²) in [5, 5.41) is 3.99. The summed E-state index contributed by atoms with van der Waals surface area (Å²) in [5.41, 5.74) is 7.12. The van der Waals surface area contributed by atoms with E-state index >= 15 is 0 Å². The van der Waals surface area contributed by atoms with Crippen molar-refractivity contribution < 1.29 is 18.0 Å². The lowest BCUT2D eigenvalue weighted by Gasteiger charge is -2.30. The van der Waals surface area contributed by atoms with E-state index in [9.17, 15) is 18.0 Å². The van der Waals surface area contributed by atoms with Crippen molar-refractivity contribution in [3.05, 3.63) is 29.8 Å². The van der Waals surface area contributed by atoms with Crippen molar-refractivity contribution in [2.24, 2.45) is 16.6 Å². The number of likely N-dealkylation sites (tertiary alicyclic amines) is 1. The molecule has 0 radical (unpaired) electrons. The number of fused-ring (bicyclic) bond motifs is 1. The summed E-state index contributed by atoms with van der Waals surface area (Å²) in [6.45, 7) is 1.14. The molecule has 0 aromatic heterocycles. The maximum Gasteiger partial charge on any atom is 0.226 e. The highest BCUT2D eigenvalue weighted by Crippen LogP contribution is 2.34. The molecule has 8 nitrogen and oxygen atoms in total. The quantitative estimate of drug-likeness (QED) is 0.714. The molecule has 2 amide bonds. The zero-order valence-electron chi connectivity index (χ0n) is 15.9. The minimum atomic E-state index is -2.95. The fourth-order valence-electron chi connectivity index (χ4n) is 3.95. The molecule has 29 heavy (non-hydrogen) atoms. The van der Waals surface area contributed by atoms with E-state index in [1.165, 1.54) is 11.8 Å². The first-order valence-electron chi connectivity index (χ1n) is 9.67. The first-order chi connectivity index (χ1) is 13.8. The largest absolute Gasteiger partial charge is 0.369 e. The van der Waals surface area contributed by atoms with Crippen LogP contribution in [0.4, 0.5) is 5.69 Å². The van der Waals surface area contributed by atoms with Gasteiger partial charge in [0.1, 0.15) is 0 Å². The fraction of sp³-hybridized carbons (Fsp3) is 0.526. The molecule has 156 valence electrons. The molecular weight excluding hydrogens is 412 g/mol. The summed E-state index contributed by atoms with van der Waals surface area (Å²) in [6, 6.07) is 7.46. The number of carbonyl (C=O) groups excluding carboxylic acids is 2. The number of hydrogen-bond donors (Lipinski definition) is 2. The van der Waals surface area contributed by atoms with E-state index in [-0.39, 0.29) is 40.5 Å². The molecule has 1 aromatic carbocycles. The van der Waals surface area contributed by atoms with Gasteiger partial charge in [0.2, 0.25) is 11.8 Å². The van der Waals surface area contributed by atoms with Crippen LogP contribution in [-0.4, -0.2) is 66.2 Å². The Labute approximate surface area is 174 Å². The first kappa shape index (κ1) is 20.2. The predicted octanol–water partition coefficient (Wildman–Crippen LogP) is 0.633. The molecule has 0 aliphatic carbocycles. The maximum atomic E-state index is 12.5. The maximum absolute atomic E-state index is 12.5. The van der Waals surface area contributed by atoms with Gasteiger partial charge in [0.05, 0.1) is 24.0 Å². The van der Waals surface area contributed by atoms with Crippen LogP contribution in [0.15, 0.2) is 29.3 Å². The van der Waals surface area contributed by atoms with Gasteiger partial charge < -0.3 is 16.0 Å². The van der Waals surface area contributed by atoms with Crippen LogP contribution in [0.3, 0.4) is 0 Å². The van der Waals surface area contributed by atoms with E-state index in [1.54, 1.807) is 4.90 Å². The molecule has 3 heterocycles. The summed E-state index contributed by atoms with van der Waals surface area (Å²) in [4.78, 5) is 30.0. The molecule has 3 aliphatic heterocycles. The number of sulfone groups is 1. The second-order valence-electron chi connectivity index (χ2n) is 7.79. The van der Waals surface area contributed by atoms with Gasteiger partial charge in [-0.1, -0.05) is 23.9 Å². The lowest BCUT2D eigenvalue weighted by molar-refractivity contribution is -0.134. The average molecular weight is 437 g/mol. The van der Waals surface area contributed by atoms with E-state index in [1.807, 2.05) is 24.3 Å². The number of anilines is 1. The number of primary amides is 1. The highest BCUT2D eigenvalue weighted by Gasteiger charge is 2.42. The number of amidine groups is 1. The Morgan fingerprint density at radius 3 is 2.48 bits per heavy atom. The van der Waals surface area contributed by atoms with E-state index in [2.05, 4.69) is 10.3 Å².